The first-order valence-electron chi connectivity index (χ1n) is 7.99. The maximum absolute atomic E-state index is 5.93. The van der Waals surface area contributed by atoms with Crippen molar-refractivity contribution in [3.63, 3.8) is 0 Å². The van der Waals surface area contributed by atoms with Crippen molar-refractivity contribution in [1.82, 2.24) is 10.2 Å². The summed E-state index contributed by atoms with van der Waals surface area (Å²) in [4.78, 5) is 0.957. The second-order valence-corrected chi connectivity index (χ2v) is 6.52. The molecule has 0 bridgehead atoms. The number of rotatable bonds is 5. The number of ether oxygens (including phenoxy) is 1. The molecule has 0 aliphatic carbocycles. The predicted octanol–water partition coefficient (Wildman–Crippen LogP) is 5.61. The molecule has 4 aromatic rings. The molecule has 0 N–H and O–H groups in total. The van der Waals surface area contributed by atoms with Crippen LogP contribution in [-0.2, 0) is 0 Å². The molecule has 5 heteroatoms. The quantitative estimate of drug-likeness (QED) is 0.471. The van der Waals surface area contributed by atoms with Crippen molar-refractivity contribution < 1.29 is 9.15 Å². The summed E-state index contributed by atoms with van der Waals surface area (Å²) in [6, 6.07) is 22.2. The Morgan fingerprint density at radius 1 is 0.880 bits per heavy atom. The Labute approximate surface area is 149 Å². The minimum Gasteiger partial charge on any atom is -0.481 e. The van der Waals surface area contributed by atoms with Gasteiger partial charge in [0.05, 0.1) is 4.88 Å². The summed E-state index contributed by atoms with van der Waals surface area (Å²) in [7, 11) is 0. The molecule has 0 saturated carbocycles. The minimum atomic E-state index is -0.316. The second kappa shape index (κ2) is 6.91. The van der Waals surface area contributed by atoms with Gasteiger partial charge >= 0.3 is 0 Å². The van der Waals surface area contributed by atoms with E-state index >= 15 is 0 Å². The van der Waals surface area contributed by atoms with Gasteiger partial charge in [-0.2, -0.15) is 0 Å². The van der Waals surface area contributed by atoms with E-state index in [9.17, 15) is 0 Å². The van der Waals surface area contributed by atoms with Gasteiger partial charge in [-0.25, -0.2) is 0 Å². The summed E-state index contributed by atoms with van der Waals surface area (Å²) in [6.07, 6.45) is -0.316. The first-order valence-corrected chi connectivity index (χ1v) is 8.87. The Kier molecular flexibility index (Phi) is 4.31. The average Bonchev–Trinajstić information content (AvgIpc) is 3.35. The monoisotopic (exact) mass is 348 g/mol. The van der Waals surface area contributed by atoms with Gasteiger partial charge in [-0.1, -0.05) is 48.5 Å². The summed E-state index contributed by atoms with van der Waals surface area (Å²) in [5, 5.41) is 10.2. The summed E-state index contributed by atoms with van der Waals surface area (Å²) < 4.78 is 11.6. The molecule has 0 fully saturated rings. The first kappa shape index (κ1) is 15.6. The zero-order valence-electron chi connectivity index (χ0n) is 13.6. The number of aromatic nitrogens is 2. The van der Waals surface area contributed by atoms with Gasteiger partial charge in [0, 0.05) is 0 Å². The summed E-state index contributed by atoms with van der Waals surface area (Å²) in [6.45, 7) is 1.90. The molecule has 25 heavy (non-hydrogen) atoms. The topological polar surface area (TPSA) is 48.2 Å². The Morgan fingerprint density at radius 3 is 2.36 bits per heavy atom. The van der Waals surface area contributed by atoms with Crippen molar-refractivity contribution in [1.29, 1.82) is 0 Å². The van der Waals surface area contributed by atoms with Crippen LogP contribution in [0.1, 0.15) is 18.9 Å². The van der Waals surface area contributed by atoms with Gasteiger partial charge in [-0.15, -0.1) is 21.5 Å². The SMILES string of the molecule is CC(Oc1ccc(-c2ccccc2)cc1)c1nnc(-c2cccs2)o1. The molecule has 2 heterocycles. The lowest BCUT2D eigenvalue weighted by molar-refractivity contribution is 0.189. The van der Waals surface area contributed by atoms with Gasteiger partial charge in [-0.05, 0) is 41.6 Å². The molecule has 0 saturated heterocycles. The second-order valence-electron chi connectivity index (χ2n) is 5.57. The van der Waals surface area contributed by atoms with Crippen LogP contribution in [0.5, 0.6) is 5.75 Å². The van der Waals surface area contributed by atoms with Crippen LogP contribution in [0.25, 0.3) is 21.9 Å². The van der Waals surface area contributed by atoms with Gasteiger partial charge in [0.1, 0.15) is 5.75 Å². The van der Waals surface area contributed by atoms with E-state index in [0.29, 0.717) is 11.8 Å². The molecule has 2 aromatic carbocycles. The third-order valence-corrected chi connectivity index (χ3v) is 4.65. The fourth-order valence-corrected chi connectivity index (χ4v) is 3.15. The Morgan fingerprint density at radius 2 is 1.64 bits per heavy atom. The van der Waals surface area contributed by atoms with E-state index in [4.69, 9.17) is 9.15 Å². The molecule has 0 radical (unpaired) electrons. The average molecular weight is 348 g/mol. The highest BCUT2D eigenvalue weighted by Gasteiger charge is 2.17. The van der Waals surface area contributed by atoms with E-state index in [1.54, 1.807) is 11.3 Å². The number of thiophene rings is 1. The van der Waals surface area contributed by atoms with Crippen molar-refractivity contribution in [2.75, 3.05) is 0 Å². The van der Waals surface area contributed by atoms with E-state index in [0.717, 1.165) is 16.2 Å². The minimum absolute atomic E-state index is 0.316. The summed E-state index contributed by atoms with van der Waals surface area (Å²) in [5.74, 6) is 1.76. The predicted molar refractivity (Wildman–Crippen MR) is 98.5 cm³/mol. The van der Waals surface area contributed by atoms with Gasteiger partial charge in [0.2, 0.25) is 0 Å². The molecular weight excluding hydrogens is 332 g/mol. The Bertz CT molecular complexity index is 932. The van der Waals surface area contributed by atoms with Crippen molar-refractivity contribution >= 4 is 11.3 Å². The normalized spacial score (nSPS) is 12.0. The zero-order valence-corrected chi connectivity index (χ0v) is 14.4. The van der Waals surface area contributed by atoms with Crippen molar-refractivity contribution in [3.8, 4) is 27.6 Å². The van der Waals surface area contributed by atoms with Crippen LogP contribution in [0.15, 0.2) is 76.5 Å². The number of hydrogen-bond donors (Lipinski definition) is 0. The Balaban J connectivity index is 1.47. The van der Waals surface area contributed by atoms with Crippen molar-refractivity contribution in [2.45, 2.75) is 13.0 Å². The maximum Gasteiger partial charge on any atom is 0.257 e. The lowest BCUT2D eigenvalue weighted by Crippen LogP contribution is -2.03. The van der Waals surface area contributed by atoms with Gasteiger partial charge < -0.3 is 9.15 Å². The van der Waals surface area contributed by atoms with E-state index in [-0.39, 0.29) is 6.10 Å². The fourth-order valence-electron chi connectivity index (χ4n) is 2.51. The molecule has 1 unspecified atom stereocenters. The third-order valence-electron chi connectivity index (χ3n) is 3.79. The molecule has 0 aliphatic heterocycles. The molecule has 1 atom stereocenters. The largest absolute Gasteiger partial charge is 0.481 e. The molecule has 4 nitrogen and oxygen atoms in total. The van der Waals surface area contributed by atoms with E-state index in [1.807, 2.05) is 66.9 Å². The molecule has 0 amide bonds. The zero-order chi connectivity index (χ0) is 17.1. The summed E-state index contributed by atoms with van der Waals surface area (Å²) >= 11 is 1.57. The lowest BCUT2D eigenvalue weighted by atomic mass is 10.1. The van der Waals surface area contributed by atoms with Crippen LogP contribution >= 0.6 is 11.3 Å². The van der Waals surface area contributed by atoms with Crippen molar-refractivity contribution in [2.24, 2.45) is 0 Å². The molecule has 0 spiro atoms. The van der Waals surface area contributed by atoms with Crippen LogP contribution in [-0.4, -0.2) is 10.2 Å². The summed E-state index contributed by atoms with van der Waals surface area (Å²) in [5.41, 5.74) is 2.33. The third kappa shape index (κ3) is 3.46. The van der Waals surface area contributed by atoms with Gasteiger partial charge in [0.25, 0.3) is 11.8 Å². The van der Waals surface area contributed by atoms with Crippen LogP contribution in [0, 0.1) is 0 Å². The van der Waals surface area contributed by atoms with Crippen LogP contribution < -0.4 is 4.74 Å². The lowest BCUT2D eigenvalue weighted by Gasteiger charge is -2.11. The first-order chi connectivity index (χ1) is 12.3. The van der Waals surface area contributed by atoms with E-state index in [1.165, 1.54) is 5.56 Å². The molecule has 124 valence electrons. The molecule has 0 aliphatic rings. The molecule has 4 rings (SSSR count). The fraction of sp³-hybridized carbons (Fsp3) is 0.100. The number of nitrogens with zero attached hydrogens (tertiary/aromatic N) is 2. The molecule has 2 aromatic heterocycles. The number of hydrogen-bond acceptors (Lipinski definition) is 5. The van der Waals surface area contributed by atoms with E-state index in [2.05, 4.69) is 22.3 Å². The van der Waals surface area contributed by atoms with Crippen LogP contribution in [0.2, 0.25) is 0 Å². The highest BCUT2D eigenvalue weighted by molar-refractivity contribution is 7.13. The van der Waals surface area contributed by atoms with Crippen molar-refractivity contribution in [3.05, 3.63) is 78.0 Å². The van der Waals surface area contributed by atoms with Crippen LogP contribution in [0.3, 0.4) is 0 Å². The Hall–Kier alpha value is -2.92. The van der Waals surface area contributed by atoms with Gasteiger partial charge in [-0.3, -0.25) is 0 Å². The highest BCUT2D eigenvalue weighted by atomic mass is 32.1. The smallest absolute Gasteiger partial charge is 0.257 e. The highest BCUT2D eigenvalue weighted by Crippen LogP contribution is 2.28. The standard InChI is InChI=1S/C20H16N2O2S/c1-14(19-21-22-20(24-19)18-8-5-13-25-18)23-17-11-9-16(10-12-17)15-6-3-2-4-7-15/h2-14H,1H3. The number of benzene rings is 2. The molecular formula is C20H16N2O2S. The van der Waals surface area contributed by atoms with Gasteiger partial charge in [0.15, 0.2) is 6.10 Å². The van der Waals surface area contributed by atoms with Crippen LogP contribution in [0.4, 0.5) is 0 Å². The van der Waals surface area contributed by atoms with E-state index < -0.39 is 0 Å². The maximum atomic E-state index is 5.93.